The number of hydrogen-bond donors (Lipinski definition) is 2. The van der Waals surface area contributed by atoms with Crippen LogP contribution in [0.1, 0.15) is 38.2 Å². The molecule has 2 N–H and O–H groups in total. The molecule has 1 fully saturated rings. The van der Waals surface area contributed by atoms with E-state index in [4.69, 9.17) is 9.84 Å². The summed E-state index contributed by atoms with van der Waals surface area (Å²) in [5, 5.41) is 12.4. The van der Waals surface area contributed by atoms with Crippen LogP contribution in [0.25, 0.3) is 0 Å². The van der Waals surface area contributed by atoms with Crippen LogP contribution in [0.5, 0.6) is 5.88 Å². The molecule has 0 spiro atoms. The quantitative estimate of drug-likeness (QED) is 0.860. The third-order valence-corrected chi connectivity index (χ3v) is 3.74. The number of carboxylic acids is 1. The second-order valence-electron chi connectivity index (χ2n) is 5.12. The number of anilines is 1. The van der Waals surface area contributed by atoms with Gasteiger partial charge in [-0.3, -0.25) is 4.79 Å². The Balaban J connectivity index is 1.97. The highest BCUT2D eigenvalue weighted by Gasteiger charge is 2.26. The lowest BCUT2D eigenvalue weighted by molar-refractivity contribution is -0.142. The summed E-state index contributed by atoms with van der Waals surface area (Å²) >= 11 is 0. The average molecular weight is 279 g/mol. The molecule has 2 rings (SSSR count). The maximum Gasteiger partial charge on any atom is 0.306 e. The monoisotopic (exact) mass is 279 g/mol. The minimum absolute atomic E-state index is 0.196. The fourth-order valence-electron chi connectivity index (χ4n) is 2.54. The molecule has 6 heteroatoms. The number of aromatic nitrogens is 2. The van der Waals surface area contributed by atoms with E-state index in [1.165, 1.54) is 6.33 Å². The first-order chi connectivity index (χ1) is 9.61. The van der Waals surface area contributed by atoms with Gasteiger partial charge in [-0.25, -0.2) is 9.97 Å². The molecule has 1 aromatic rings. The lowest BCUT2D eigenvalue weighted by Crippen LogP contribution is -2.29. The van der Waals surface area contributed by atoms with Gasteiger partial charge in [0.1, 0.15) is 12.1 Å². The Morgan fingerprint density at radius 3 is 2.70 bits per heavy atom. The van der Waals surface area contributed by atoms with Crippen LogP contribution in [0.3, 0.4) is 0 Å². The largest absolute Gasteiger partial charge is 0.481 e. The van der Waals surface area contributed by atoms with Gasteiger partial charge in [0.15, 0.2) is 0 Å². The van der Waals surface area contributed by atoms with Crippen LogP contribution >= 0.6 is 0 Å². The van der Waals surface area contributed by atoms with Gasteiger partial charge < -0.3 is 15.2 Å². The average Bonchev–Trinajstić information content (AvgIpc) is 2.44. The van der Waals surface area contributed by atoms with Crippen LogP contribution in [0.4, 0.5) is 5.82 Å². The number of ether oxygens (including phenoxy) is 1. The number of carboxylic acid groups (broad SMARTS) is 1. The Kier molecular flexibility index (Phi) is 4.76. The van der Waals surface area contributed by atoms with Gasteiger partial charge >= 0.3 is 5.97 Å². The number of rotatable bonds is 5. The van der Waals surface area contributed by atoms with E-state index in [9.17, 15) is 4.79 Å². The molecule has 20 heavy (non-hydrogen) atoms. The van der Waals surface area contributed by atoms with E-state index < -0.39 is 5.97 Å². The summed E-state index contributed by atoms with van der Waals surface area (Å²) in [7, 11) is 0. The minimum atomic E-state index is -0.680. The third kappa shape index (κ3) is 3.37. The maximum atomic E-state index is 10.9. The summed E-state index contributed by atoms with van der Waals surface area (Å²) in [4.78, 5) is 19.3. The van der Waals surface area contributed by atoms with Crippen LogP contribution in [0.2, 0.25) is 0 Å². The first kappa shape index (κ1) is 14.6. The molecule has 1 heterocycles. The standard InChI is InChI=1S/C14H21N3O3/c1-3-20-13-9(2)12(15-8-16-13)17-11-6-4-10(5-7-11)14(18)19/h8,10-11H,3-7H2,1-2H3,(H,18,19)(H,15,16,17). The first-order valence-electron chi connectivity index (χ1n) is 7.05. The first-order valence-corrected chi connectivity index (χ1v) is 7.05. The fraction of sp³-hybridized carbons (Fsp3) is 0.643. The van der Waals surface area contributed by atoms with Gasteiger partial charge in [0.2, 0.25) is 5.88 Å². The number of nitrogens with one attached hydrogen (secondary N) is 1. The van der Waals surface area contributed by atoms with Crippen molar-refractivity contribution in [1.29, 1.82) is 0 Å². The minimum Gasteiger partial charge on any atom is -0.481 e. The number of hydrogen-bond acceptors (Lipinski definition) is 5. The van der Waals surface area contributed by atoms with Crippen molar-refractivity contribution in [2.75, 3.05) is 11.9 Å². The Morgan fingerprint density at radius 1 is 1.40 bits per heavy atom. The molecule has 0 bridgehead atoms. The molecular formula is C14H21N3O3. The predicted octanol–water partition coefficient (Wildman–Crippen LogP) is 2.24. The molecule has 0 atom stereocenters. The molecule has 0 radical (unpaired) electrons. The topological polar surface area (TPSA) is 84.3 Å². The Labute approximate surface area is 118 Å². The summed E-state index contributed by atoms with van der Waals surface area (Å²) in [5.41, 5.74) is 0.898. The van der Waals surface area contributed by atoms with E-state index in [-0.39, 0.29) is 12.0 Å². The zero-order valence-corrected chi connectivity index (χ0v) is 11.9. The second-order valence-corrected chi connectivity index (χ2v) is 5.12. The van der Waals surface area contributed by atoms with Crippen LogP contribution in [-0.2, 0) is 4.79 Å². The Bertz CT molecular complexity index is 471. The van der Waals surface area contributed by atoms with Gasteiger partial charge in [0, 0.05) is 6.04 Å². The third-order valence-electron chi connectivity index (χ3n) is 3.74. The molecule has 1 aliphatic carbocycles. The summed E-state index contributed by atoms with van der Waals surface area (Å²) in [6.45, 7) is 4.42. The number of carbonyl (C=O) groups is 1. The van der Waals surface area contributed by atoms with Crippen molar-refractivity contribution < 1.29 is 14.6 Å². The molecule has 1 aromatic heterocycles. The van der Waals surface area contributed by atoms with Crippen molar-refractivity contribution in [2.24, 2.45) is 5.92 Å². The SMILES string of the molecule is CCOc1ncnc(NC2CCC(C(=O)O)CC2)c1C. The number of nitrogens with zero attached hydrogens (tertiary/aromatic N) is 2. The van der Waals surface area contributed by atoms with Crippen molar-refractivity contribution in [2.45, 2.75) is 45.6 Å². The van der Waals surface area contributed by atoms with Crippen molar-refractivity contribution in [1.82, 2.24) is 9.97 Å². The van der Waals surface area contributed by atoms with Crippen molar-refractivity contribution in [3.05, 3.63) is 11.9 Å². The molecule has 0 aromatic carbocycles. The van der Waals surface area contributed by atoms with Crippen molar-refractivity contribution >= 4 is 11.8 Å². The van der Waals surface area contributed by atoms with Crippen LogP contribution in [0, 0.1) is 12.8 Å². The summed E-state index contributed by atoms with van der Waals surface area (Å²) in [6, 6.07) is 0.272. The van der Waals surface area contributed by atoms with E-state index in [2.05, 4.69) is 15.3 Å². The zero-order chi connectivity index (χ0) is 14.5. The highest BCUT2D eigenvalue weighted by molar-refractivity contribution is 5.70. The van der Waals surface area contributed by atoms with Gasteiger partial charge in [0.25, 0.3) is 0 Å². The lowest BCUT2D eigenvalue weighted by atomic mass is 9.86. The Hall–Kier alpha value is -1.85. The van der Waals surface area contributed by atoms with E-state index in [0.29, 0.717) is 12.5 Å². The molecule has 0 unspecified atom stereocenters. The molecule has 110 valence electrons. The van der Waals surface area contributed by atoms with Crippen molar-refractivity contribution in [3.8, 4) is 5.88 Å². The van der Waals surface area contributed by atoms with E-state index in [0.717, 1.165) is 37.1 Å². The summed E-state index contributed by atoms with van der Waals surface area (Å²) in [6.07, 6.45) is 4.63. The van der Waals surface area contributed by atoms with E-state index >= 15 is 0 Å². The Morgan fingerprint density at radius 2 is 2.10 bits per heavy atom. The zero-order valence-electron chi connectivity index (χ0n) is 11.9. The summed E-state index contributed by atoms with van der Waals surface area (Å²) < 4.78 is 5.45. The maximum absolute atomic E-state index is 10.9. The van der Waals surface area contributed by atoms with Gasteiger partial charge in [0.05, 0.1) is 18.1 Å². The fourth-order valence-corrected chi connectivity index (χ4v) is 2.54. The van der Waals surface area contributed by atoms with Gasteiger partial charge in [-0.2, -0.15) is 0 Å². The number of aliphatic carboxylic acids is 1. The lowest BCUT2D eigenvalue weighted by Gasteiger charge is -2.27. The van der Waals surface area contributed by atoms with Gasteiger partial charge in [-0.05, 0) is 39.5 Å². The summed E-state index contributed by atoms with van der Waals surface area (Å²) in [5.74, 6) is 0.505. The highest BCUT2D eigenvalue weighted by atomic mass is 16.5. The molecule has 1 saturated carbocycles. The van der Waals surface area contributed by atoms with E-state index in [1.807, 2.05) is 13.8 Å². The van der Waals surface area contributed by atoms with Gasteiger partial charge in [-0.15, -0.1) is 0 Å². The van der Waals surface area contributed by atoms with Crippen LogP contribution in [0.15, 0.2) is 6.33 Å². The highest BCUT2D eigenvalue weighted by Crippen LogP contribution is 2.28. The normalized spacial score (nSPS) is 22.3. The van der Waals surface area contributed by atoms with Gasteiger partial charge in [-0.1, -0.05) is 0 Å². The molecule has 0 aliphatic heterocycles. The van der Waals surface area contributed by atoms with E-state index in [1.54, 1.807) is 0 Å². The van der Waals surface area contributed by atoms with Crippen LogP contribution < -0.4 is 10.1 Å². The molecule has 0 saturated heterocycles. The van der Waals surface area contributed by atoms with Crippen LogP contribution in [-0.4, -0.2) is 33.7 Å². The second kappa shape index (κ2) is 6.54. The molecular weight excluding hydrogens is 258 g/mol. The molecule has 1 aliphatic rings. The molecule has 0 amide bonds. The van der Waals surface area contributed by atoms with Crippen molar-refractivity contribution in [3.63, 3.8) is 0 Å². The molecule has 6 nitrogen and oxygen atoms in total. The predicted molar refractivity (Wildman–Crippen MR) is 74.9 cm³/mol. The smallest absolute Gasteiger partial charge is 0.306 e.